The summed E-state index contributed by atoms with van der Waals surface area (Å²) in [4.78, 5) is 37.4. The van der Waals surface area contributed by atoms with Crippen molar-refractivity contribution in [2.24, 2.45) is 5.10 Å². The van der Waals surface area contributed by atoms with Gasteiger partial charge in [0.15, 0.2) is 18.1 Å². The van der Waals surface area contributed by atoms with Crippen LogP contribution in [0.5, 0.6) is 11.5 Å². The number of hydrogen-bond donors (Lipinski definition) is 3. The van der Waals surface area contributed by atoms with Crippen molar-refractivity contribution in [1.82, 2.24) is 20.6 Å². The van der Waals surface area contributed by atoms with Gasteiger partial charge in [-0.15, -0.1) is 0 Å². The molecule has 3 amide bonds. The summed E-state index contributed by atoms with van der Waals surface area (Å²) in [5, 5.41) is 11.6. The molecule has 1 aliphatic rings. The highest BCUT2D eigenvalue weighted by molar-refractivity contribution is 6.35. The van der Waals surface area contributed by atoms with Crippen LogP contribution in [0.4, 0.5) is 4.79 Å². The quantitative estimate of drug-likeness (QED) is 0.107. The number of carbonyl (C=O) groups is 3. The summed E-state index contributed by atoms with van der Waals surface area (Å²) in [6.45, 7) is 3.69. The fraction of sp³-hybridized carbons (Fsp3) is 0.212. The first-order valence-corrected chi connectivity index (χ1v) is 15.0. The number of halogens is 2. The highest BCUT2D eigenvalue weighted by Gasteiger charge is 2.32. The highest BCUT2D eigenvalue weighted by atomic mass is 35.5. The largest absolute Gasteiger partial charge is 0.493 e. The number of methoxy groups -OCH3 is 1. The molecular formula is C33H31Cl2N5O6. The first kappa shape index (κ1) is 32.4. The van der Waals surface area contributed by atoms with E-state index >= 15 is 0 Å². The van der Waals surface area contributed by atoms with Gasteiger partial charge in [0, 0.05) is 45.0 Å². The van der Waals surface area contributed by atoms with Crippen LogP contribution in [0.1, 0.15) is 36.6 Å². The first-order chi connectivity index (χ1) is 22.2. The van der Waals surface area contributed by atoms with Crippen molar-refractivity contribution in [2.45, 2.75) is 26.4 Å². The number of hydrazone groups is 1. The summed E-state index contributed by atoms with van der Waals surface area (Å²) in [5.41, 5.74) is 6.40. The van der Waals surface area contributed by atoms with Crippen LogP contribution in [0.3, 0.4) is 0 Å². The first-order valence-electron chi connectivity index (χ1n) is 14.3. The van der Waals surface area contributed by atoms with Gasteiger partial charge in [-0.3, -0.25) is 4.79 Å². The maximum absolute atomic E-state index is 12.6. The summed E-state index contributed by atoms with van der Waals surface area (Å²) >= 11 is 12.5. The number of hydrogen-bond acceptors (Lipinski definition) is 7. The summed E-state index contributed by atoms with van der Waals surface area (Å²) in [5.74, 6) is -0.457. The Morgan fingerprint density at radius 2 is 1.89 bits per heavy atom. The molecule has 5 rings (SSSR count). The average Bonchev–Trinajstić information content (AvgIpc) is 3.38. The molecule has 11 nitrogen and oxygen atoms in total. The molecule has 3 N–H and O–H groups in total. The number of ether oxygens (including phenoxy) is 3. The van der Waals surface area contributed by atoms with Crippen LogP contribution < -0.4 is 25.5 Å². The van der Waals surface area contributed by atoms with Crippen LogP contribution in [0.2, 0.25) is 10.0 Å². The van der Waals surface area contributed by atoms with E-state index in [1.54, 1.807) is 50.4 Å². The second kappa shape index (κ2) is 14.4. The Labute approximate surface area is 275 Å². The van der Waals surface area contributed by atoms with Crippen molar-refractivity contribution in [3.05, 3.63) is 105 Å². The Morgan fingerprint density at radius 3 is 2.65 bits per heavy atom. The van der Waals surface area contributed by atoms with E-state index in [1.165, 1.54) is 7.11 Å². The van der Waals surface area contributed by atoms with E-state index in [4.69, 9.17) is 37.4 Å². The molecule has 4 aromatic rings. The second-order valence-corrected chi connectivity index (χ2v) is 11.1. The molecule has 0 saturated heterocycles. The number of urea groups is 1. The van der Waals surface area contributed by atoms with E-state index in [0.29, 0.717) is 33.6 Å². The van der Waals surface area contributed by atoms with Gasteiger partial charge in [-0.1, -0.05) is 53.5 Å². The maximum atomic E-state index is 12.6. The minimum atomic E-state index is -0.775. The molecule has 2 heterocycles. The van der Waals surface area contributed by atoms with Crippen molar-refractivity contribution >= 4 is 58.2 Å². The smallest absolute Gasteiger partial charge is 0.338 e. The summed E-state index contributed by atoms with van der Waals surface area (Å²) in [6, 6.07) is 16.9. The molecule has 13 heteroatoms. The number of aromatic nitrogens is 1. The van der Waals surface area contributed by atoms with Gasteiger partial charge in [0.25, 0.3) is 5.91 Å². The molecule has 0 bridgehead atoms. The Balaban J connectivity index is 1.25. The van der Waals surface area contributed by atoms with Gasteiger partial charge in [-0.2, -0.15) is 5.10 Å². The fourth-order valence-electron chi connectivity index (χ4n) is 5.10. The molecule has 3 aromatic carbocycles. The monoisotopic (exact) mass is 663 g/mol. The van der Waals surface area contributed by atoms with Crippen LogP contribution in [0.25, 0.3) is 10.9 Å². The summed E-state index contributed by atoms with van der Waals surface area (Å²) in [6.07, 6.45) is 3.50. The number of rotatable bonds is 11. The lowest BCUT2D eigenvalue weighted by molar-refractivity contribution is -0.139. The summed E-state index contributed by atoms with van der Waals surface area (Å²) in [7, 11) is 1.45. The predicted molar refractivity (Wildman–Crippen MR) is 175 cm³/mol. The van der Waals surface area contributed by atoms with Crippen LogP contribution in [0, 0.1) is 0 Å². The van der Waals surface area contributed by atoms with Crippen LogP contribution in [-0.2, 0) is 20.9 Å². The van der Waals surface area contributed by atoms with Crippen molar-refractivity contribution in [3.8, 4) is 11.5 Å². The summed E-state index contributed by atoms with van der Waals surface area (Å²) < 4.78 is 18.4. The highest BCUT2D eigenvalue weighted by Crippen LogP contribution is 2.34. The lowest BCUT2D eigenvalue weighted by atomic mass is 9.95. The van der Waals surface area contributed by atoms with Crippen LogP contribution in [-0.4, -0.2) is 49.0 Å². The zero-order chi connectivity index (χ0) is 32.8. The van der Waals surface area contributed by atoms with Gasteiger partial charge in [-0.25, -0.2) is 15.0 Å². The third-order valence-corrected chi connectivity index (χ3v) is 7.80. The number of para-hydroxylation sites is 1. The van der Waals surface area contributed by atoms with Crippen molar-refractivity contribution < 1.29 is 28.6 Å². The minimum absolute atomic E-state index is 0.182. The van der Waals surface area contributed by atoms with Gasteiger partial charge in [-0.05, 0) is 55.3 Å². The predicted octanol–water partition coefficient (Wildman–Crippen LogP) is 5.73. The lowest BCUT2D eigenvalue weighted by Crippen LogP contribution is -2.45. The molecule has 0 saturated carbocycles. The van der Waals surface area contributed by atoms with Gasteiger partial charge >= 0.3 is 12.0 Å². The van der Waals surface area contributed by atoms with Gasteiger partial charge < -0.3 is 29.4 Å². The number of allylic oxidation sites excluding steroid dienone is 1. The molecule has 0 aliphatic carbocycles. The van der Waals surface area contributed by atoms with E-state index in [2.05, 4.69) is 25.7 Å². The Hall–Kier alpha value is -5.00. The number of amides is 3. The minimum Gasteiger partial charge on any atom is -0.493 e. The third-order valence-electron chi connectivity index (χ3n) is 7.21. The van der Waals surface area contributed by atoms with Crippen LogP contribution >= 0.6 is 23.2 Å². The maximum Gasteiger partial charge on any atom is 0.338 e. The second-order valence-electron chi connectivity index (χ2n) is 10.2. The standard InChI is InChI=1S/C33H31Cl2N5O6/c1-4-45-32(42)30-19(2)37-33(43)38-31(30)20-10-12-27(28(13-20)44-3)46-18-29(41)39-36-15-22-17-40(26-8-6-5-7-24(22)26)16-21-9-11-23(34)14-25(21)35/h5-15,17,31H,4,16,18H2,1-3H3,(H,39,41)(H2,37,38,43)/b36-15-/t31-/m1/s1. The molecule has 1 atom stereocenters. The third kappa shape index (κ3) is 7.27. The van der Waals surface area contributed by atoms with Gasteiger partial charge in [0.2, 0.25) is 0 Å². The fourth-order valence-corrected chi connectivity index (χ4v) is 5.57. The number of esters is 1. The Kier molecular flexibility index (Phi) is 10.1. The van der Waals surface area contributed by atoms with Gasteiger partial charge in [0.05, 0.1) is 31.5 Å². The van der Waals surface area contributed by atoms with E-state index < -0.39 is 23.9 Å². The molecule has 0 spiro atoms. The number of nitrogens with one attached hydrogen (secondary N) is 3. The molecule has 0 radical (unpaired) electrons. The van der Waals surface area contributed by atoms with E-state index in [-0.39, 0.29) is 24.5 Å². The van der Waals surface area contributed by atoms with Crippen molar-refractivity contribution in [2.75, 3.05) is 20.3 Å². The molecule has 46 heavy (non-hydrogen) atoms. The zero-order valence-electron chi connectivity index (χ0n) is 25.2. The normalized spacial score (nSPS) is 14.6. The Morgan fingerprint density at radius 1 is 1.09 bits per heavy atom. The van der Waals surface area contributed by atoms with Gasteiger partial charge in [0.1, 0.15) is 0 Å². The molecule has 238 valence electrons. The molecule has 1 aliphatic heterocycles. The number of fused-ring (bicyclic) bond motifs is 1. The number of carbonyl (C=O) groups excluding carboxylic acids is 3. The SMILES string of the molecule is CCOC(=O)C1=C(C)NC(=O)N[C@@H]1c1ccc(OCC(=O)N/N=C\c2cn(Cc3ccc(Cl)cc3Cl)c3ccccc23)c(OC)c1. The molecule has 0 fully saturated rings. The van der Waals surface area contributed by atoms with Crippen molar-refractivity contribution in [3.63, 3.8) is 0 Å². The van der Waals surface area contributed by atoms with E-state index in [9.17, 15) is 14.4 Å². The van der Waals surface area contributed by atoms with Crippen molar-refractivity contribution in [1.29, 1.82) is 0 Å². The molecule has 0 unspecified atom stereocenters. The lowest BCUT2D eigenvalue weighted by Gasteiger charge is -2.28. The zero-order valence-corrected chi connectivity index (χ0v) is 26.7. The topological polar surface area (TPSA) is 132 Å². The van der Waals surface area contributed by atoms with Crippen LogP contribution in [0.15, 0.2) is 83.2 Å². The Bertz CT molecular complexity index is 1870. The molecule has 1 aromatic heterocycles. The number of nitrogens with zero attached hydrogens (tertiary/aromatic N) is 2. The van der Waals surface area contributed by atoms with E-state index in [1.807, 2.05) is 36.5 Å². The van der Waals surface area contributed by atoms with E-state index in [0.717, 1.165) is 22.0 Å². The molecular weight excluding hydrogens is 633 g/mol. The number of benzene rings is 3. The average molecular weight is 665 g/mol.